The molecule has 3 nitrogen and oxygen atoms in total. The van der Waals surface area contributed by atoms with Crippen LogP contribution < -0.4 is 5.73 Å². The molecule has 5 heteroatoms. The number of nitrogens with two attached hydrogens (primary N) is 1. The normalized spacial score (nSPS) is 12.9. The molecule has 72 valence electrons. The first-order valence-electron chi connectivity index (χ1n) is 3.63. The van der Waals surface area contributed by atoms with Crippen LogP contribution in [0.3, 0.4) is 0 Å². The predicted octanol–water partition coefficient (Wildman–Crippen LogP) is 0.662. The molecule has 1 aromatic carbocycles. The predicted molar refractivity (Wildman–Crippen MR) is 42.0 cm³/mol. The number of hydrogen-bond acceptors (Lipinski definition) is 3. The quantitative estimate of drug-likeness (QED) is 0.640. The Morgan fingerprint density at radius 2 is 1.92 bits per heavy atom. The summed E-state index contributed by atoms with van der Waals surface area (Å²) in [7, 11) is 0. The third-order valence-electron chi connectivity index (χ3n) is 1.67. The smallest absolute Gasteiger partial charge is 0.200 e. The highest BCUT2D eigenvalue weighted by Crippen LogP contribution is 2.24. The summed E-state index contributed by atoms with van der Waals surface area (Å²) in [4.78, 5) is 0. The number of aromatic hydroxyl groups is 1. The topological polar surface area (TPSA) is 66.5 Å². The van der Waals surface area contributed by atoms with Gasteiger partial charge in [0.2, 0.25) is 5.82 Å². The van der Waals surface area contributed by atoms with Crippen LogP contribution in [0.1, 0.15) is 11.7 Å². The van der Waals surface area contributed by atoms with Gasteiger partial charge >= 0.3 is 0 Å². The number of phenols is 1. The van der Waals surface area contributed by atoms with Crippen LogP contribution in [-0.4, -0.2) is 16.8 Å². The van der Waals surface area contributed by atoms with Gasteiger partial charge in [-0.05, 0) is 12.1 Å². The zero-order chi connectivity index (χ0) is 10.0. The van der Waals surface area contributed by atoms with Crippen molar-refractivity contribution in [3.8, 4) is 5.75 Å². The minimum Gasteiger partial charge on any atom is -0.505 e. The minimum atomic E-state index is -1.37. The van der Waals surface area contributed by atoms with E-state index in [4.69, 9.17) is 15.9 Å². The van der Waals surface area contributed by atoms with Gasteiger partial charge in [-0.25, -0.2) is 4.39 Å². The van der Waals surface area contributed by atoms with Crippen LogP contribution in [0.15, 0.2) is 12.1 Å². The molecule has 0 aliphatic rings. The third-order valence-corrected chi connectivity index (χ3v) is 1.67. The highest BCUT2D eigenvalue weighted by Gasteiger charge is 2.17. The summed E-state index contributed by atoms with van der Waals surface area (Å²) in [6.45, 7) is -0.207. The van der Waals surface area contributed by atoms with Crippen molar-refractivity contribution >= 4 is 0 Å². The van der Waals surface area contributed by atoms with Gasteiger partial charge in [0.05, 0.1) is 6.10 Å². The Balaban J connectivity index is 3.18. The first-order valence-corrected chi connectivity index (χ1v) is 3.63. The van der Waals surface area contributed by atoms with Crippen molar-refractivity contribution in [1.82, 2.24) is 0 Å². The van der Waals surface area contributed by atoms with E-state index in [9.17, 15) is 8.78 Å². The fourth-order valence-corrected chi connectivity index (χ4v) is 0.939. The lowest BCUT2D eigenvalue weighted by Gasteiger charge is -2.09. The van der Waals surface area contributed by atoms with Crippen LogP contribution in [0.2, 0.25) is 0 Å². The summed E-state index contributed by atoms with van der Waals surface area (Å²) in [5, 5.41) is 17.9. The average molecular weight is 189 g/mol. The van der Waals surface area contributed by atoms with Crippen LogP contribution in [0.25, 0.3) is 0 Å². The minimum absolute atomic E-state index is 0.207. The molecule has 0 spiro atoms. The van der Waals surface area contributed by atoms with Crippen LogP contribution in [0, 0.1) is 11.6 Å². The maximum Gasteiger partial charge on any atom is 0.200 e. The zero-order valence-corrected chi connectivity index (χ0v) is 6.67. The Morgan fingerprint density at radius 3 is 2.46 bits per heavy atom. The van der Waals surface area contributed by atoms with E-state index < -0.39 is 23.5 Å². The van der Waals surface area contributed by atoms with Crippen LogP contribution >= 0.6 is 0 Å². The number of rotatable bonds is 2. The summed E-state index contributed by atoms with van der Waals surface area (Å²) in [5.41, 5.74) is 4.81. The highest BCUT2D eigenvalue weighted by molar-refractivity contribution is 5.31. The van der Waals surface area contributed by atoms with Gasteiger partial charge in [-0.1, -0.05) is 0 Å². The number of aliphatic hydroxyl groups excluding tert-OH is 1. The molecule has 1 aromatic rings. The van der Waals surface area contributed by atoms with Gasteiger partial charge in [-0.15, -0.1) is 0 Å². The molecule has 0 saturated carbocycles. The summed E-state index contributed by atoms with van der Waals surface area (Å²) in [5.74, 6) is -3.42. The van der Waals surface area contributed by atoms with Crippen molar-refractivity contribution in [1.29, 1.82) is 0 Å². The van der Waals surface area contributed by atoms with Crippen molar-refractivity contribution in [2.75, 3.05) is 6.54 Å². The molecule has 0 heterocycles. The third kappa shape index (κ3) is 1.76. The molecule has 0 amide bonds. The van der Waals surface area contributed by atoms with Crippen molar-refractivity contribution < 1.29 is 19.0 Å². The van der Waals surface area contributed by atoms with Crippen molar-refractivity contribution in [3.05, 3.63) is 29.3 Å². The Bertz CT molecular complexity index is 317. The molecule has 0 saturated heterocycles. The lowest BCUT2D eigenvalue weighted by Crippen LogP contribution is -2.13. The zero-order valence-electron chi connectivity index (χ0n) is 6.67. The molecule has 1 atom stereocenters. The molecule has 0 radical (unpaired) electrons. The second-order valence-corrected chi connectivity index (χ2v) is 2.55. The van der Waals surface area contributed by atoms with Gasteiger partial charge in [0.15, 0.2) is 11.6 Å². The van der Waals surface area contributed by atoms with Gasteiger partial charge in [-0.2, -0.15) is 4.39 Å². The highest BCUT2D eigenvalue weighted by atomic mass is 19.2. The molecule has 0 aliphatic heterocycles. The Kier molecular flexibility index (Phi) is 2.79. The fourth-order valence-electron chi connectivity index (χ4n) is 0.939. The lowest BCUT2D eigenvalue weighted by molar-refractivity contribution is 0.180. The van der Waals surface area contributed by atoms with Crippen LogP contribution in [0.4, 0.5) is 8.78 Å². The van der Waals surface area contributed by atoms with E-state index in [1.54, 1.807) is 0 Å². The van der Waals surface area contributed by atoms with Crippen molar-refractivity contribution in [2.45, 2.75) is 6.10 Å². The molecular formula is C8H9F2NO2. The largest absolute Gasteiger partial charge is 0.505 e. The molecule has 13 heavy (non-hydrogen) atoms. The van der Waals surface area contributed by atoms with Crippen LogP contribution in [0.5, 0.6) is 5.75 Å². The fraction of sp³-hybridized carbons (Fsp3) is 0.250. The maximum atomic E-state index is 12.9. The second-order valence-electron chi connectivity index (χ2n) is 2.55. The van der Waals surface area contributed by atoms with E-state index in [1.807, 2.05) is 0 Å². The summed E-state index contributed by atoms with van der Waals surface area (Å²) in [6, 6.07) is 2.05. The van der Waals surface area contributed by atoms with Gasteiger partial charge in [0, 0.05) is 12.1 Å². The molecule has 0 aromatic heterocycles. The number of aliphatic hydroxyl groups is 1. The molecule has 1 rings (SSSR count). The number of benzene rings is 1. The number of hydrogen-bond donors (Lipinski definition) is 3. The first-order chi connectivity index (χ1) is 6.07. The first kappa shape index (κ1) is 9.88. The van der Waals surface area contributed by atoms with E-state index in [2.05, 4.69) is 0 Å². The molecule has 4 N–H and O–H groups in total. The molecule has 1 unspecified atom stereocenters. The summed E-state index contributed by atoms with van der Waals surface area (Å²) in [6.07, 6.45) is -1.25. The standard InChI is InChI=1S/C8H9F2NO2/c9-7-4(6(13)3-11)1-2-5(12)8(7)10/h1-2,6,12-13H,3,11H2. The number of phenolic OH excluding ortho intramolecular Hbond substituents is 1. The van der Waals surface area contributed by atoms with Crippen molar-refractivity contribution in [3.63, 3.8) is 0 Å². The van der Waals surface area contributed by atoms with E-state index in [0.717, 1.165) is 12.1 Å². The SMILES string of the molecule is NCC(O)c1ccc(O)c(F)c1F. The molecular weight excluding hydrogens is 180 g/mol. The second kappa shape index (κ2) is 3.68. The van der Waals surface area contributed by atoms with E-state index in [-0.39, 0.29) is 12.1 Å². The molecule has 0 fully saturated rings. The number of halogens is 2. The maximum absolute atomic E-state index is 12.9. The van der Waals surface area contributed by atoms with E-state index in [1.165, 1.54) is 0 Å². The van der Waals surface area contributed by atoms with E-state index >= 15 is 0 Å². The lowest BCUT2D eigenvalue weighted by atomic mass is 10.1. The van der Waals surface area contributed by atoms with Gasteiger partial charge in [-0.3, -0.25) is 0 Å². The summed E-state index contributed by atoms with van der Waals surface area (Å²) >= 11 is 0. The van der Waals surface area contributed by atoms with Gasteiger partial charge in [0.1, 0.15) is 0 Å². The van der Waals surface area contributed by atoms with Gasteiger partial charge < -0.3 is 15.9 Å². The summed E-state index contributed by atoms with van der Waals surface area (Å²) < 4.78 is 25.7. The van der Waals surface area contributed by atoms with Crippen molar-refractivity contribution in [2.24, 2.45) is 5.73 Å². The molecule has 0 aliphatic carbocycles. The van der Waals surface area contributed by atoms with E-state index in [0.29, 0.717) is 0 Å². The Labute approximate surface area is 73.4 Å². The molecule has 0 bridgehead atoms. The monoisotopic (exact) mass is 189 g/mol. The average Bonchev–Trinajstić information content (AvgIpc) is 2.13. The van der Waals surface area contributed by atoms with Crippen LogP contribution in [-0.2, 0) is 0 Å². The Hall–Kier alpha value is -1.20. The van der Waals surface area contributed by atoms with Gasteiger partial charge in [0.25, 0.3) is 0 Å². The Morgan fingerprint density at radius 1 is 1.31 bits per heavy atom.